The van der Waals surface area contributed by atoms with Crippen molar-refractivity contribution in [1.29, 1.82) is 0 Å². The molecule has 0 spiro atoms. The number of carboxylic acids is 1. The van der Waals surface area contributed by atoms with E-state index in [1.165, 1.54) is 18.0 Å². The van der Waals surface area contributed by atoms with Crippen molar-refractivity contribution in [3.05, 3.63) is 35.1 Å². The van der Waals surface area contributed by atoms with Gasteiger partial charge in [0.05, 0.1) is 12.1 Å². The third-order valence-electron chi connectivity index (χ3n) is 2.19. The molecule has 1 aromatic rings. The first-order chi connectivity index (χ1) is 7.90. The minimum absolute atomic E-state index is 0.0340. The summed E-state index contributed by atoms with van der Waals surface area (Å²) < 4.78 is 37.0. The lowest BCUT2D eigenvalue weighted by Gasteiger charge is -2.17. The monoisotopic (exact) mass is 247 g/mol. The summed E-state index contributed by atoms with van der Waals surface area (Å²) in [7, 11) is 1.45. The Morgan fingerprint density at radius 2 is 2.12 bits per heavy atom. The Labute approximate surface area is 96.5 Å². The lowest BCUT2D eigenvalue weighted by molar-refractivity contribution is 0.0693. The van der Waals surface area contributed by atoms with Crippen LogP contribution in [0.5, 0.6) is 0 Å². The van der Waals surface area contributed by atoms with Gasteiger partial charge in [0.2, 0.25) is 0 Å². The van der Waals surface area contributed by atoms with Gasteiger partial charge in [0, 0.05) is 6.54 Å². The predicted molar refractivity (Wildman–Crippen MR) is 55.7 cm³/mol. The van der Waals surface area contributed by atoms with E-state index in [-0.39, 0.29) is 12.1 Å². The van der Waals surface area contributed by atoms with E-state index in [0.29, 0.717) is 5.56 Å². The summed E-state index contributed by atoms with van der Waals surface area (Å²) in [5.74, 6) is -1.94. The number of rotatable bonds is 5. The highest BCUT2D eigenvalue weighted by atomic mass is 19.3. The van der Waals surface area contributed by atoms with Crippen LogP contribution in [0.2, 0.25) is 0 Å². The van der Waals surface area contributed by atoms with Crippen molar-refractivity contribution in [2.24, 2.45) is 0 Å². The van der Waals surface area contributed by atoms with E-state index >= 15 is 0 Å². The summed E-state index contributed by atoms with van der Waals surface area (Å²) in [6.45, 7) is -0.428. The van der Waals surface area contributed by atoms with E-state index in [1.54, 1.807) is 0 Å². The van der Waals surface area contributed by atoms with E-state index in [0.717, 1.165) is 12.1 Å². The van der Waals surface area contributed by atoms with Crippen LogP contribution in [-0.4, -0.2) is 36.0 Å². The van der Waals surface area contributed by atoms with Crippen molar-refractivity contribution >= 4 is 5.97 Å². The van der Waals surface area contributed by atoms with Crippen molar-refractivity contribution in [2.75, 3.05) is 13.6 Å². The van der Waals surface area contributed by atoms with Crippen LogP contribution >= 0.6 is 0 Å². The van der Waals surface area contributed by atoms with Crippen LogP contribution in [0.4, 0.5) is 13.2 Å². The maximum atomic E-state index is 12.9. The van der Waals surface area contributed by atoms with Gasteiger partial charge in [0.15, 0.2) is 0 Å². The van der Waals surface area contributed by atoms with Crippen LogP contribution in [-0.2, 0) is 6.54 Å². The minimum Gasteiger partial charge on any atom is -0.478 e. The summed E-state index contributed by atoms with van der Waals surface area (Å²) in [5.41, 5.74) is 0.105. The molecule has 0 saturated carbocycles. The zero-order valence-electron chi connectivity index (χ0n) is 9.16. The molecule has 1 aromatic carbocycles. The molecule has 1 N–H and O–H groups in total. The van der Waals surface area contributed by atoms with E-state index in [4.69, 9.17) is 5.11 Å². The van der Waals surface area contributed by atoms with Gasteiger partial charge in [-0.05, 0) is 24.7 Å². The van der Waals surface area contributed by atoms with Crippen molar-refractivity contribution < 1.29 is 23.1 Å². The summed E-state index contributed by atoms with van der Waals surface area (Å²) in [6, 6.07) is 3.28. The van der Waals surface area contributed by atoms with E-state index < -0.39 is 24.8 Å². The van der Waals surface area contributed by atoms with E-state index in [2.05, 4.69) is 0 Å². The van der Waals surface area contributed by atoms with Gasteiger partial charge in [-0.3, -0.25) is 4.90 Å². The van der Waals surface area contributed by atoms with E-state index in [1.807, 2.05) is 0 Å². The van der Waals surface area contributed by atoms with Gasteiger partial charge in [-0.15, -0.1) is 0 Å². The van der Waals surface area contributed by atoms with Crippen LogP contribution in [0.1, 0.15) is 15.9 Å². The van der Waals surface area contributed by atoms with Crippen LogP contribution in [0.3, 0.4) is 0 Å². The van der Waals surface area contributed by atoms with Crippen LogP contribution in [0.15, 0.2) is 18.2 Å². The zero-order chi connectivity index (χ0) is 13.0. The molecule has 0 fully saturated rings. The Kier molecular flexibility index (Phi) is 4.51. The number of aromatic carboxylic acids is 1. The molecular formula is C11H12F3NO2. The van der Waals surface area contributed by atoms with Gasteiger partial charge in [0.25, 0.3) is 6.43 Å². The second-order valence-electron chi connectivity index (χ2n) is 3.69. The fourth-order valence-electron chi connectivity index (χ4n) is 1.48. The molecule has 0 aromatic heterocycles. The Morgan fingerprint density at radius 1 is 1.47 bits per heavy atom. The third-order valence-corrected chi connectivity index (χ3v) is 2.19. The summed E-state index contributed by atoms with van der Waals surface area (Å²) in [6.07, 6.45) is -2.49. The van der Waals surface area contributed by atoms with Crippen LogP contribution in [0, 0.1) is 5.82 Å². The number of hydrogen-bond donors (Lipinski definition) is 1. The number of nitrogens with zero attached hydrogens (tertiary/aromatic N) is 1. The van der Waals surface area contributed by atoms with Gasteiger partial charge < -0.3 is 5.11 Å². The molecule has 0 unspecified atom stereocenters. The molecule has 0 atom stereocenters. The Morgan fingerprint density at radius 3 is 2.65 bits per heavy atom. The molecule has 0 saturated heterocycles. The second-order valence-corrected chi connectivity index (χ2v) is 3.69. The average molecular weight is 247 g/mol. The average Bonchev–Trinajstić information content (AvgIpc) is 2.19. The lowest BCUT2D eigenvalue weighted by Crippen LogP contribution is -2.25. The number of carboxylic acid groups (broad SMARTS) is 1. The SMILES string of the molecule is CN(Cc1ccc(F)cc1C(=O)O)CC(F)F. The molecule has 94 valence electrons. The van der Waals surface area contributed by atoms with Crippen molar-refractivity contribution in [2.45, 2.75) is 13.0 Å². The molecule has 0 radical (unpaired) electrons. The molecule has 0 aliphatic rings. The molecule has 0 heterocycles. The standard InChI is InChI=1S/C11H12F3NO2/c1-15(6-10(13)14)5-7-2-3-8(12)4-9(7)11(16)17/h2-4,10H,5-6H2,1H3,(H,16,17). The molecule has 0 amide bonds. The van der Waals surface area contributed by atoms with E-state index in [9.17, 15) is 18.0 Å². The quantitative estimate of drug-likeness (QED) is 0.867. The molecule has 6 heteroatoms. The number of benzene rings is 1. The number of carbonyl (C=O) groups is 1. The number of alkyl halides is 2. The van der Waals surface area contributed by atoms with Gasteiger partial charge in [-0.1, -0.05) is 6.07 Å². The minimum atomic E-state index is -2.49. The largest absolute Gasteiger partial charge is 0.478 e. The molecule has 0 aliphatic heterocycles. The van der Waals surface area contributed by atoms with Gasteiger partial charge >= 0.3 is 5.97 Å². The van der Waals surface area contributed by atoms with Crippen LogP contribution in [0.25, 0.3) is 0 Å². The van der Waals surface area contributed by atoms with Crippen molar-refractivity contribution in [3.8, 4) is 0 Å². The van der Waals surface area contributed by atoms with Gasteiger partial charge in [-0.25, -0.2) is 18.0 Å². The zero-order valence-corrected chi connectivity index (χ0v) is 9.16. The van der Waals surface area contributed by atoms with Crippen molar-refractivity contribution in [1.82, 2.24) is 4.90 Å². The topological polar surface area (TPSA) is 40.5 Å². The first-order valence-electron chi connectivity index (χ1n) is 4.88. The fraction of sp³-hybridized carbons (Fsp3) is 0.364. The number of hydrogen-bond acceptors (Lipinski definition) is 2. The second kappa shape index (κ2) is 5.67. The maximum absolute atomic E-state index is 12.9. The lowest BCUT2D eigenvalue weighted by atomic mass is 10.1. The molecule has 0 aliphatic carbocycles. The summed E-state index contributed by atoms with van der Waals surface area (Å²) >= 11 is 0. The summed E-state index contributed by atoms with van der Waals surface area (Å²) in [4.78, 5) is 12.1. The van der Waals surface area contributed by atoms with Crippen LogP contribution < -0.4 is 0 Å². The fourth-order valence-corrected chi connectivity index (χ4v) is 1.48. The van der Waals surface area contributed by atoms with Crippen molar-refractivity contribution in [3.63, 3.8) is 0 Å². The Bertz CT molecular complexity index is 410. The first kappa shape index (κ1) is 13.5. The highest BCUT2D eigenvalue weighted by Gasteiger charge is 2.14. The highest BCUT2D eigenvalue weighted by molar-refractivity contribution is 5.89. The first-order valence-corrected chi connectivity index (χ1v) is 4.88. The normalized spacial score (nSPS) is 11.2. The molecule has 17 heavy (non-hydrogen) atoms. The smallest absolute Gasteiger partial charge is 0.336 e. The molecule has 3 nitrogen and oxygen atoms in total. The summed E-state index contributed by atoms with van der Waals surface area (Å²) in [5, 5.41) is 8.85. The molecule has 1 rings (SSSR count). The van der Waals surface area contributed by atoms with Gasteiger partial charge in [-0.2, -0.15) is 0 Å². The Hall–Kier alpha value is -1.56. The molecular weight excluding hydrogens is 235 g/mol. The number of halogens is 3. The molecule has 0 bridgehead atoms. The highest BCUT2D eigenvalue weighted by Crippen LogP contribution is 2.14. The predicted octanol–water partition coefficient (Wildman–Crippen LogP) is 2.22. The maximum Gasteiger partial charge on any atom is 0.336 e. The Balaban J connectivity index is 2.86. The van der Waals surface area contributed by atoms with Gasteiger partial charge in [0.1, 0.15) is 5.82 Å². The third kappa shape index (κ3) is 4.07.